The van der Waals surface area contributed by atoms with Crippen molar-refractivity contribution in [1.82, 2.24) is 19.6 Å². The van der Waals surface area contributed by atoms with Gasteiger partial charge in [-0.2, -0.15) is 5.09 Å². The van der Waals surface area contributed by atoms with Crippen molar-refractivity contribution in [2.24, 2.45) is 5.92 Å². The highest BCUT2D eigenvalue weighted by molar-refractivity contribution is 7.52. The quantitative estimate of drug-likeness (QED) is 0.206. The number of carbonyl (C=O) groups is 1. The van der Waals surface area contributed by atoms with E-state index in [1.165, 1.54) is 24.5 Å². The Morgan fingerprint density at radius 3 is 2.55 bits per heavy atom. The Morgan fingerprint density at radius 1 is 1.26 bits per heavy atom. The zero-order valence-corrected chi connectivity index (χ0v) is 25.9. The number of aliphatic hydroxyl groups is 1. The van der Waals surface area contributed by atoms with Gasteiger partial charge in [-0.3, -0.25) is 23.7 Å². The van der Waals surface area contributed by atoms with Crippen molar-refractivity contribution >= 4 is 36.7 Å². The van der Waals surface area contributed by atoms with E-state index in [1.54, 1.807) is 45.0 Å². The van der Waals surface area contributed by atoms with Crippen molar-refractivity contribution in [3.63, 3.8) is 0 Å². The third-order valence-electron chi connectivity index (χ3n) is 6.32. The minimum Gasteiger partial charge on any atom is -0.462 e. The van der Waals surface area contributed by atoms with Crippen LogP contribution in [0.5, 0.6) is 5.75 Å². The van der Waals surface area contributed by atoms with E-state index in [-0.39, 0.29) is 5.75 Å². The predicted octanol–water partition coefficient (Wildman–Crippen LogP) is 3.65. The van der Waals surface area contributed by atoms with Crippen LogP contribution in [0.2, 0.25) is 4.34 Å². The lowest BCUT2D eigenvalue weighted by Gasteiger charge is -2.25. The van der Waals surface area contributed by atoms with Crippen molar-refractivity contribution in [2.75, 3.05) is 6.61 Å². The fourth-order valence-electron chi connectivity index (χ4n) is 4.25. The Morgan fingerprint density at radius 2 is 1.95 bits per heavy atom. The van der Waals surface area contributed by atoms with Crippen molar-refractivity contribution in [3.05, 3.63) is 66.7 Å². The monoisotopic (exact) mass is 642 g/mol. The summed E-state index contributed by atoms with van der Waals surface area (Å²) in [6, 6.07) is 6.55. The molecule has 42 heavy (non-hydrogen) atoms. The van der Waals surface area contributed by atoms with Crippen LogP contribution in [0.3, 0.4) is 0 Å². The van der Waals surface area contributed by atoms with Gasteiger partial charge in [0.1, 0.15) is 34.2 Å². The number of benzene rings is 1. The molecule has 0 amide bonds. The molecule has 1 unspecified atom stereocenters. The molecule has 3 heterocycles. The fraction of sp³-hybridized carbons (Fsp3) is 0.462. The number of aliphatic hydroxyl groups excluding tert-OH is 1. The second-order valence-corrected chi connectivity index (χ2v) is 13.5. The van der Waals surface area contributed by atoms with Crippen LogP contribution in [0.25, 0.3) is 11.3 Å². The summed E-state index contributed by atoms with van der Waals surface area (Å²) < 4.78 is 38.1. The van der Waals surface area contributed by atoms with Gasteiger partial charge in [-0.15, -0.1) is 11.3 Å². The van der Waals surface area contributed by atoms with E-state index in [1.807, 2.05) is 6.92 Å². The minimum atomic E-state index is -4.29. The number of nitrogens with zero attached hydrogens (tertiary/aromatic N) is 2. The van der Waals surface area contributed by atoms with Crippen LogP contribution >= 0.6 is 30.7 Å². The zero-order valence-electron chi connectivity index (χ0n) is 23.5. The van der Waals surface area contributed by atoms with Gasteiger partial charge in [-0.1, -0.05) is 18.5 Å². The van der Waals surface area contributed by atoms with E-state index in [2.05, 4.69) is 15.1 Å². The number of thiazole rings is 1. The van der Waals surface area contributed by atoms with Crippen LogP contribution in [0, 0.1) is 12.8 Å². The molecule has 0 spiro atoms. The van der Waals surface area contributed by atoms with Crippen LogP contribution < -0.4 is 20.9 Å². The lowest BCUT2D eigenvalue weighted by atomic mass is 10.0. The summed E-state index contributed by atoms with van der Waals surface area (Å²) in [5.74, 6) is -1.12. The van der Waals surface area contributed by atoms with E-state index >= 15 is 0 Å². The molecule has 1 aliphatic rings. The van der Waals surface area contributed by atoms with E-state index in [4.69, 9.17) is 30.1 Å². The van der Waals surface area contributed by atoms with Crippen LogP contribution in [0.1, 0.15) is 38.9 Å². The number of aromatic amines is 1. The van der Waals surface area contributed by atoms with Gasteiger partial charge in [-0.05, 0) is 52.0 Å². The molecular weight excluding hydrogens is 611 g/mol. The average Bonchev–Trinajstić information content (AvgIpc) is 3.39. The minimum absolute atomic E-state index is 0.154. The van der Waals surface area contributed by atoms with Crippen molar-refractivity contribution in [2.45, 2.75) is 65.2 Å². The summed E-state index contributed by atoms with van der Waals surface area (Å²) in [6.07, 6.45) is -2.23. The van der Waals surface area contributed by atoms with E-state index in [0.717, 1.165) is 15.6 Å². The summed E-state index contributed by atoms with van der Waals surface area (Å²) in [5.41, 5.74) is 0.0357. The van der Waals surface area contributed by atoms with Gasteiger partial charge in [0, 0.05) is 23.7 Å². The molecule has 228 valence electrons. The average molecular weight is 643 g/mol. The first-order chi connectivity index (χ1) is 19.8. The standard InChI is InChI=1S/C26H32ClN4O9PS/c1-13(2)38-25(34)15(4)30-41(36,40-18-8-6-17(7-9-18)21-23(27)42-16(5)28-21)37-12-19-22(33)14(3)24(39-19)31-11-10-20(32)29-26(31)35/h6-11,13-15,19,22,24,33H,12H2,1-5H3,(H,30,36)(H,29,32,35)/t14-,15-,19+,22-,24+,41?/m0/s1. The molecule has 4 rings (SSSR count). The zero-order chi connectivity index (χ0) is 30.8. The molecule has 0 radical (unpaired) electrons. The van der Waals surface area contributed by atoms with E-state index < -0.39 is 68.1 Å². The Labute approximate surface area is 250 Å². The van der Waals surface area contributed by atoms with Crippen molar-refractivity contribution < 1.29 is 33.0 Å². The first kappa shape index (κ1) is 32.1. The molecule has 13 nitrogen and oxygen atoms in total. The molecule has 1 saturated heterocycles. The SMILES string of the molecule is Cc1nc(-c2ccc(OP(=O)(N[C@@H](C)C(=O)OC(C)C)OC[C@H]3O[C@@H](n4ccc(=O)[nH]c4=O)[C@@H](C)[C@@H]3O)cc2)c(Cl)s1. The molecule has 1 aromatic carbocycles. The summed E-state index contributed by atoms with van der Waals surface area (Å²) >= 11 is 7.63. The molecule has 1 aliphatic heterocycles. The number of rotatable bonds is 11. The molecular formula is C26H32ClN4O9PS. The van der Waals surface area contributed by atoms with Crippen molar-refractivity contribution in [3.8, 4) is 17.0 Å². The van der Waals surface area contributed by atoms with Gasteiger partial charge in [0.2, 0.25) is 0 Å². The number of aryl methyl sites for hydroxylation is 1. The Kier molecular flexibility index (Phi) is 10.1. The number of halogens is 1. The Hall–Kier alpha value is -2.84. The Balaban J connectivity index is 1.53. The number of hydrogen-bond donors (Lipinski definition) is 3. The van der Waals surface area contributed by atoms with Gasteiger partial charge in [0.15, 0.2) is 0 Å². The van der Waals surface area contributed by atoms with E-state index in [9.17, 15) is 24.1 Å². The highest BCUT2D eigenvalue weighted by Gasteiger charge is 2.44. The maximum atomic E-state index is 14.0. The van der Waals surface area contributed by atoms with Gasteiger partial charge in [0.05, 0.1) is 23.8 Å². The van der Waals surface area contributed by atoms with Crippen LogP contribution in [-0.2, 0) is 23.4 Å². The van der Waals surface area contributed by atoms with Crippen LogP contribution in [-0.4, -0.2) is 56.6 Å². The van der Waals surface area contributed by atoms with Gasteiger partial charge >= 0.3 is 19.4 Å². The number of nitrogens with one attached hydrogen (secondary N) is 2. The smallest absolute Gasteiger partial charge is 0.459 e. The lowest BCUT2D eigenvalue weighted by Crippen LogP contribution is -2.37. The molecule has 6 atom stereocenters. The number of aromatic nitrogens is 3. The molecule has 3 aromatic rings. The second-order valence-electron chi connectivity index (χ2n) is 10.0. The van der Waals surface area contributed by atoms with Gasteiger partial charge in [0.25, 0.3) is 5.56 Å². The third kappa shape index (κ3) is 7.56. The summed E-state index contributed by atoms with van der Waals surface area (Å²) in [4.78, 5) is 42.8. The van der Waals surface area contributed by atoms with Crippen LogP contribution in [0.15, 0.2) is 46.1 Å². The number of ether oxygens (including phenoxy) is 2. The summed E-state index contributed by atoms with van der Waals surface area (Å²) in [5, 5.41) is 14.2. The van der Waals surface area contributed by atoms with Crippen molar-refractivity contribution in [1.29, 1.82) is 0 Å². The molecule has 0 saturated carbocycles. The molecule has 3 N–H and O–H groups in total. The summed E-state index contributed by atoms with van der Waals surface area (Å²) in [7, 11) is -4.29. The number of hydrogen-bond acceptors (Lipinski definition) is 11. The molecule has 0 bridgehead atoms. The normalized spacial score (nSPS) is 22.6. The number of H-pyrrole nitrogens is 1. The second kappa shape index (κ2) is 13.2. The molecule has 0 aliphatic carbocycles. The first-order valence-corrected chi connectivity index (χ1v) is 15.8. The van der Waals surface area contributed by atoms with Gasteiger partial charge < -0.3 is 19.1 Å². The largest absolute Gasteiger partial charge is 0.462 e. The number of carbonyl (C=O) groups excluding carboxylic acids is 1. The fourth-order valence-corrected chi connectivity index (χ4v) is 6.90. The molecule has 16 heteroatoms. The Bertz CT molecular complexity index is 1570. The lowest BCUT2D eigenvalue weighted by molar-refractivity contribution is -0.149. The first-order valence-electron chi connectivity index (χ1n) is 13.1. The highest BCUT2D eigenvalue weighted by Crippen LogP contribution is 2.47. The topological polar surface area (TPSA) is 171 Å². The third-order valence-corrected chi connectivity index (χ3v) is 9.13. The van der Waals surface area contributed by atoms with E-state index in [0.29, 0.717) is 15.6 Å². The van der Waals surface area contributed by atoms with Crippen LogP contribution in [0.4, 0.5) is 0 Å². The summed E-state index contributed by atoms with van der Waals surface area (Å²) in [6.45, 7) is 7.87. The number of esters is 1. The molecule has 2 aromatic heterocycles. The predicted molar refractivity (Wildman–Crippen MR) is 156 cm³/mol. The van der Waals surface area contributed by atoms with Gasteiger partial charge in [-0.25, -0.2) is 14.3 Å². The molecule has 1 fully saturated rings. The maximum Gasteiger partial charge on any atom is 0.459 e. The highest BCUT2D eigenvalue weighted by atomic mass is 35.5. The maximum absolute atomic E-state index is 14.0.